The molecule has 0 saturated heterocycles. The third-order valence-electron chi connectivity index (χ3n) is 4.93. The van der Waals surface area contributed by atoms with Crippen molar-refractivity contribution >= 4 is 10.1 Å². The van der Waals surface area contributed by atoms with Gasteiger partial charge in [-0.1, -0.05) is 82.1 Å². The number of ether oxygens (including phenoxy) is 1. The molecule has 1 N–H and O–H groups in total. The summed E-state index contributed by atoms with van der Waals surface area (Å²) in [6.45, 7) is 2.21. The zero-order valence-corrected chi connectivity index (χ0v) is 22.0. The van der Waals surface area contributed by atoms with Gasteiger partial charge in [-0.3, -0.25) is 4.55 Å². The molecule has 0 aromatic heterocycles. The number of unbranched alkanes of at least 4 members (excludes halogenated alkanes) is 8. The van der Waals surface area contributed by atoms with Gasteiger partial charge in [0.25, 0.3) is 10.1 Å². The van der Waals surface area contributed by atoms with Gasteiger partial charge in [0.15, 0.2) is 0 Å². The molecule has 0 aliphatic heterocycles. The molecule has 0 heterocycles. The summed E-state index contributed by atoms with van der Waals surface area (Å²) in [4.78, 5) is -0.369. The molecule has 0 aliphatic carbocycles. The first kappa shape index (κ1) is 27.6. The number of hydrogen-bond donors (Lipinski definition) is 1. The molecule has 0 atom stereocenters. The van der Waals surface area contributed by atoms with E-state index < -0.39 is 10.1 Å². The van der Waals surface area contributed by atoms with E-state index in [1.165, 1.54) is 44.6 Å². The molecule has 2 rings (SSSR count). The maximum atomic E-state index is 12.4. The molecule has 160 valence electrons. The average molecular weight is 459 g/mol. The fourth-order valence-corrected chi connectivity index (χ4v) is 3.95. The fourth-order valence-electron chi connectivity index (χ4n) is 3.30. The molecule has 0 unspecified atom stereocenters. The van der Waals surface area contributed by atoms with Crippen LogP contribution in [-0.2, 0) is 16.5 Å². The fraction of sp³-hybridized carbons (Fsp3) is 0.478. The van der Waals surface area contributed by atoms with E-state index in [1.807, 2.05) is 0 Å². The van der Waals surface area contributed by atoms with Gasteiger partial charge in [-0.2, -0.15) is 8.42 Å². The van der Waals surface area contributed by atoms with Crippen LogP contribution in [0.1, 0.15) is 70.3 Å². The predicted molar refractivity (Wildman–Crippen MR) is 113 cm³/mol. The monoisotopic (exact) mass is 458 g/mol. The predicted octanol–water partition coefficient (Wildman–Crippen LogP) is 2.88. The van der Waals surface area contributed by atoms with Gasteiger partial charge in [-0.05, 0) is 37.1 Å². The van der Waals surface area contributed by atoms with Gasteiger partial charge in [0, 0.05) is 0 Å². The third kappa shape index (κ3) is 9.81. The van der Waals surface area contributed by atoms with Crippen LogP contribution >= 0.6 is 0 Å². The summed E-state index contributed by atoms with van der Waals surface area (Å²) in [7, 11) is -4.51. The summed E-state index contributed by atoms with van der Waals surface area (Å²) >= 11 is 0. The molecule has 0 spiro atoms. The summed E-state index contributed by atoms with van der Waals surface area (Å²) in [5.74, 6) is -0.0362. The van der Waals surface area contributed by atoms with Crippen LogP contribution in [0, 0.1) is 0 Å². The van der Waals surface area contributed by atoms with Crippen LogP contribution in [0.2, 0.25) is 0 Å². The smallest absolute Gasteiger partial charge is 0.872 e. The van der Waals surface area contributed by atoms with Crippen molar-refractivity contribution in [1.82, 2.24) is 0 Å². The first-order valence-corrected chi connectivity index (χ1v) is 11.9. The van der Waals surface area contributed by atoms with E-state index in [-0.39, 0.29) is 67.8 Å². The second kappa shape index (κ2) is 14.6. The molecular formula is C23H31KO5S. The van der Waals surface area contributed by atoms with Crippen LogP contribution in [0.15, 0.2) is 47.4 Å². The van der Waals surface area contributed by atoms with Crippen LogP contribution in [-0.4, -0.2) is 13.0 Å². The minimum atomic E-state index is -4.51. The number of para-hydroxylation sites is 1. The Balaban J connectivity index is 0.00000450. The van der Waals surface area contributed by atoms with E-state index in [1.54, 1.807) is 30.3 Å². The first-order chi connectivity index (χ1) is 13.9. The second-order valence-corrected chi connectivity index (χ2v) is 8.77. The molecule has 7 heteroatoms. The molecule has 0 amide bonds. The van der Waals surface area contributed by atoms with E-state index in [4.69, 9.17) is 4.74 Å². The number of aryl methyl sites for hydroxylation is 1. The average Bonchev–Trinajstić information content (AvgIpc) is 2.68. The van der Waals surface area contributed by atoms with Crippen molar-refractivity contribution in [3.8, 4) is 17.2 Å². The Morgan fingerprint density at radius 2 is 1.47 bits per heavy atom. The molecule has 0 fully saturated rings. The van der Waals surface area contributed by atoms with Crippen LogP contribution < -0.4 is 61.2 Å². The number of rotatable bonds is 13. The minimum Gasteiger partial charge on any atom is -0.872 e. The van der Waals surface area contributed by atoms with Crippen LogP contribution in [0.25, 0.3) is 0 Å². The standard InChI is InChI=1S/C23H32O5S.K/c1-2-3-4-5-6-7-8-9-11-14-19-17-23(29(25,26)27)22(18-21(19)24)28-20-15-12-10-13-16-20;/h10,12-13,15-18,24H,2-9,11,14H2,1H3,(H,25,26,27);/q;+1/p-1. The van der Waals surface area contributed by atoms with Crippen molar-refractivity contribution < 1.29 is 74.2 Å². The van der Waals surface area contributed by atoms with Crippen molar-refractivity contribution in [2.24, 2.45) is 0 Å². The normalized spacial score (nSPS) is 11.1. The molecular weight excluding hydrogens is 427 g/mol. The van der Waals surface area contributed by atoms with Crippen LogP contribution in [0.4, 0.5) is 0 Å². The second-order valence-electron chi connectivity index (χ2n) is 7.38. The number of hydrogen-bond acceptors (Lipinski definition) is 4. The van der Waals surface area contributed by atoms with Gasteiger partial charge in [0.2, 0.25) is 0 Å². The molecule has 0 bridgehead atoms. The SMILES string of the molecule is CCCCCCCCCCCc1cc(S(=O)(=O)O)c(Oc2ccccc2)cc1[O-].[K+]. The Morgan fingerprint density at radius 1 is 0.900 bits per heavy atom. The third-order valence-corrected chi connectivity index (χ3v) is 5.80. The molecule has 2 aromatic rings. The van der Waals surface area contributed by atoms with E-state index in [9.17, 15) is 18.1 Å². The molecule has 0 aliphatic rings. The Labute approximate surface area is 223 Å². The topological polar surface area (TPSA) is 86.7 Å². The Kier molecular flexibility index (Phi) is 13.5. The molecule has 2 aromatic carbocycles. The van der Waals surface area contributed by atoms with Gasteiger partial charge in [0.1, 0.15) is 16.4 Å². The van der Waals surface area contributed by atoms with E-state index >= 15 is 0 Å². The van der Waals surface area contributed by atoms with Crippen molar-refractivity contribution in [2.75, 3.05) is 0 Å². The maximum Gasteiger partial charge on any atom is 1.00 e. The Hall–Kier alpha value is -0.414. The Morgan fingerprint density at radius 3 is 2.03 bits per heavy atom. The summed E-state index contributed by atoms with van der Waals surface area (Å²) < 4.78 is 38.7. The van der Waals surface area contributed by atoms with Gasteiger partial charge >= 0.3 is 51.4 Å². The van der Waals surface area contributed by atoms with E-state index in [0.29, 0.717) is 17.7 Å². The van der Waals surface area contributed by atoms with Crippen molar-refractivity contribution in [2.45, 2.75) is 76.0 Å². The van der Waals surface area contributed by atoms with E-state index in [2.05, 4.69) is 6.92 Å². The summed E-state index contributed by atoms with van der Waals surface area (Å²) in [6, 6.07) is 11.0. The van der Waals surface area contributed by atoms with E-state index in [0.717, 1.165) is 25.3 Å². The summed E-state index contributed by atoms with van der Waals surface area (Å²) in [5, 5.41) is 12.4. The summed E-state index contributed by atoms with van der Waals surface area (Å²) in [5.41, 5.74) is 0.390. The van der Waals surface area contributed by atoms with Gasteiger partial charge in [-0.25, -0.2) is 0 Å². The molecule has 30 heavy (non-hydrogen) atoms. The molecule has 0 radical (unpaired) electrons. The quantitative estimate of drug-likeness (QED) is 0.283. The molecule has 5 nitrogen and oxygen atoms in total. The zero-order chi connectivity index (χ0) is 21.1. The largest absolute Gasteiger partial charge is 1.00 e. The van der Waals surface area contributed by atoms with Crippen molar-refractivity contribution in [3.05, 3.63) is 48.0 Å². The number of benzene rings is 2. The Bertz CT molecular complexity index is 853. The van der Waals surface area contributed by atoms with Gasteiger partial charge in [0.05, 0.1) is 0 Å². The molecule has 0 saturated carbocycles. The van der Waals surface area contributed by atoms with Crippen LogP contribution in [0.5, 0.6) is 17.2 Å². The maximum absolute atomic E-state index is 12.4. The van der Waals surface area contributed by atoms with Crippen molar-refractivity contribution in [3.63, 3.8) is 0 Å². The van der Waals surface area contributed by atoms with Crippen LogP contribution in [0.3, 0.4) is 0 Å². The minimum absolute atomic E-state index is 0. The zero-order valence-electron chi connectivity index (χ0n) is 18.1. The van der Waals surface area contributed by atoms with Gasteiger partial charge < -0.3 is 9.84 Å². The first-order valence-electron chi connectivity index (χ1n) is 10.5. The van der Waals surface area contributed by atoms with Gasteiger partial charge in [-0.15, -0.1) is 5.75 Å². The van der Waals surface area contributed by atoms with Crippen molar-refractivity contribution in [1.29, 1.82) is 0 Å². The summed E-state index contributed by atoms with van der Waals surface area (Å²) in [6.07, 6.45) is 11.0.